The second-order valence-corrected chi connectivity index (χ2v) is 3.20. The number of rotatable bonds is 2. The van der Waals surface area contributed by atoms with Gasteiger partial charge in [-0.2, -0.15) is 0 Å². The average Bonchev–Trinajstić information content (AvgIpc) is 2.06. The fourth-order valence-corrected chi connectivity index (χ4v) is 0.944. The first-order valence-corrected chi connectivity index (χ1v) is 4.78. The summed E-state index contributed by atoms with van der Waals surface area (Å²) >= 11 is 3.73. The van der Waals surface area contributed by atoms with Crippen molar-refractivity contribution in [3.05, 3.63) is 30.3 Å². The molecule has 0 aliphatic carbocycles. The van der Waals surface area contributed by atoms with Crippen LogP contribution in [0.5, 0.6) is 5.75 Å². The van der Waals surface area contributed by atoms with Crippen molar-refractivity contribution in [3.63, 3.8) is 0 Å². The van der Waals surface area contributed by atoms with Crippen LogP contribution in [0.15, 0.2) is 30.3 Å². The van der Waals surface area contributed by atoms with Gasteiger partial charge in [0.15, 0.2) is 0 Å². The van der Waals surface area contributed by atoms with E-state index in [1.807, 2.05) is 13.0 Å². The molecule has 13 heavy (non-hydrogen) atoms. The number of phenolic OH excluding ortho intramolecular Hbond substituents is 1. The molecule has 0 saturated carbocycles. The molecule has 2 N–H and O–H groups in total. The number of aliphatic hydroxyl groups excluding tert-OH is 1. The van der Waals surface area contributed by atoms with Crippen LogP contribution in [0.25, 0.3) is 0 Å². The lowest BCUT2D eigenvalue weighted by atomic mass is 10.3. The molecule has 1 aromatic carbocycles. The summed E-state index contributed by atoms with van der Waals surface area (Å²) in [6.07, 6.45) is 1.80. The quantitative estimate of drug-likeness (QED) is 0.507. The smallest absolute Gasteiger partial charge is 0.115 e. The van der Waals surface area contributed by atoms with Crippen LogP contribution in [0.1, 0.15) is 19.8 Å². The molecule has 74 valence electrons. The van der Waals surface area contributed by atoms with E-state index in [2.05, 4.69) is 12.6 Å². The van der Waals surface area contributed by atoms with Crippen LogP contribution in [0.3, 0.4) is 0 Å². The Balaban J connectivity index is 0.000000226. The molecule has 0 heterocycles. The predicted molar refractivity (Wildman–Crippen MR) is 58.0 cm³/mol. The van der Waals surface area contributed by atoms with Crippen LogP contribution < -0.4 is 0 Å². The first-order valence-electron chi connectivity index (χ1n) is 4.27. The molecule has 0 bridgehead atoms. The molecular formula is C10H16O2S. The standard InChI is InChI=1S/C6H6O.C4H10OS/c7-6-4-2-1-3-5-6;1-2-3-4(5)6/h1-5,7H;4-6H,2-3H2,1H3. The van der Waals surface area contributed by atoms with Gasteiger partial charge in [-0.05, 0) is 18.6 Å². The Bertz CT molecular complexity index is 199. The van der Waals surface area contributed by atoms with Crippen molar-refractivity contribution in [1.82, 2.24) is 0 Å². The predicted octanol–water partition coefficient (Wildman–Crippen LogP) is 2.43. The van der Waals surface area contributed by atoms with E-state index in [4.69, 9.17) is 10.2 Å². The minimum Gasteiger partial charge on any atom is -0.508 e. The zero-order valence-electron chi connectivity index (χ0n) is 7.72. The minimum absolute atomic E-state index is 0.322. The topological polar surface area (TPSA) is 40.5 Å². The van der Waals surface area contributed by atoms with E-state index in [-0.39, 0.29) is 0 Å². The van der Waals surface area contributed by atoms with Gasteiger partial charge in [-0.3, -0.25) is 0 Å². The number of hydrogen-bond acceptors (Lipinski definition) is 3. The van der Waals surface area contributed by atoms with Gasteiger partial charge in [0, 0.05) is 0 Å². The summed E-state index contributed by atoms with van der Waals surface area (Å²) < 4.78 is 0. The molecule has 0 spiro atoms. The fraction of sp³-hybridized carbons (Fsp3) is 0.400. The Morgan fingerprint density at radius 2 is 1.85 bits per heavy atom. The van der Waals surface area contributed by atoms with Gasteiger partial charge >= 0.3 is 0 Å². The molecular weight excluding hydrogens is 184 g/mol. The molecule has 0 saturated heterocycles. The van der Waals surface area contributed by atoms with Crippen molar-refractivity contribution in [2.45, 2.75) is 25.2 Å². The van der Waals surface area contributed by atoms with E-state index < -0.39 is 5.44 Å². The van der Waals surface area contributed by atoms with Crippen LogP contribution in [-0.4, -0.2) is 15.6 Å². The maximum absolute atomic E-state index is 8.63. The molecule has 3 heteroatoms. The number of phenols is 1. The molecule has 0 amide bonds. The number of aliphatic hydroxyl groups is 1. The first kappa shape index (κ1) is 12.3. The van der Waals surface area contributed by atoms with Gasteiger partial charge in [-0.25, -0.2) is 0 Å². The van der Waals surface area contributed by atoms with Gasteiger partial charge in [-0.15, -0.1) is 12.6 Å². The summed E-state index contributed by atoms with van der Waals surface area (Å²) in [6.45, 7) is 2.01. The van der Waals surface area contributed by atoms with Gasteiger partial charge in [0.25, 0.3) is 0 Å². The van der Waals surface area contributed by atoms with Gasteiger partial charge in [-0.1, -0.05) is 31.5 Å². The lowest BCUT2D eigenvalue weighted by molar-refractivity contribution is 0.254. The molecule has 0 aromatic heterocycles. The summed E-state index contributed by atoms with van der Waals surface area (Å²) in [4.78, 5) is 0. The van der Waals surface area contributed by atoms with E-state index in [0.717, 1.165) is 12.8 Å². The second kappa shape index (κ2) is 7.95. The molecule has 0 aliphatic heterocycles. The van der Waals surface area contributed by atoms with E-state index in [1.165, 1.54) is 0 Å². The normalized spacial score (nSPS) is 11.3. The number of aromatic hydroxyl groups is 1. The van der Waals surface area contributed by atoms with Crippen molar-refractivity contribution >= 4 is 12.6 Å². The lowest BCUT2D eigenvalue weighted by Crippen LogP contribution is -1.91. The Morgan fingerprint density at radius 1 is 1.31 bits per heavy atom. The summed E-state index contributed by atoms with van der Waals surface area (Å²) in [5, 5.41) is 17.0. The summed E-state index contributed by atoms with van der Waals surface area (Å²) in [6, 6.07) is 8.71. The highest BCUT2D eigenvalue weighted by molar-refractivity contribution is 7.80. The highest BCUT2D eigenvalue weighted by Gasteiger charge is 1.88. The number of benzene rings is 1. The molecule has 0 radical (unpaired) electrons. The Hall–Kier alpha value is -0.670. The number of thiol groups is 1. The fourth-order valence-electron chi connectivity index (χ4n) is 0.686. The molecule has 0 aliphatic rings. The third-order valence-electron chi connectivity index (χ3n) is 1.30. The van der Waals surface area contributed by atoms with Crippen molar-refractivity contribution in [2.24, 2.45) is 0 Å². The van der Waals surface area contributed by atoms with Gasteiger partial charge in [0.05, 0.1) is 5.44 Å². The molecule has 1 rings (SSSR count). The van der Waals surface area contributed by atoms with Crippen molar-refractivity contribution in [2.75, 3.05) is 0 Å². The largest absolute Gasteiger partial charge is 0.508 e. The Morgan fingerprint density at radius 3 is 2.00 bits per heavy atom. The molecule has 0 fully saturated rings. The first-order chi connectivity index (χ1) is 6.16. The van der Waals surface area contributed by atoms with E-state index in [1.54, 1.807) is 24.3 Å². The van der Waals surface area contributed by atoms with Crippen LogP contribution in [0, 0.1) is 0 Å². The third kappa shape index (κ3) is 9.24. The van der Waals surface area contributed by atoms with Gasteiger partial charge in [0.1, 0.15) is 5.75 Å². The zero-order chi connectivity index (χ0) is 10.1. The summed E-state index contributed by atoms with van der Waals surface area (Å²) in [5.74, 6) is 0.322. The molecule has 1 atom stereocenters. The highest BCUT2D eigenvalue weighted by Crippen LogP contribution is 2.02. The Labute approximate surface area is 84.6 Å². The molecule has 1 unspecified atom stereocenters. The molecule has 1 aromatic rings. The van der Waals surface area contributed by atoms with Crippen LogP contribution in [0.2, 0.25) is 0 Å². The Kier molecular flexibility index (Phi) is 7.54. The van der Waals surface area contributed by atoms with Crippen LogP contribution in [-0.2, 0) is 0 Å². The summed E-state index contributed by atoms with van der Waals surface area (Å²) in [7, 11) is 0. The SMILES string of the molecule is CCCC(O)S.Oc1ccccc1. The maximum atomic E-state index is 8.63. The lowest BCUT2D eigenvalue weighted by Gasteiger charge is -1.94. The number of para-hydroxylation sites is 1. The van der Waals surface area contributed by atoms with Crippen LogP contribution >= 0.6 is 12.6 Å². The van der Waals surface area contributed by atoms with Gasteiger partial charge < -0.3 is 10.2 Å². The average molecular weight is 200 g/mol. The summed E-state index contributed by atoms with van der Waals surface area (Å²) in [5.41, 5.74) is -0.407. The molecule has 2 nitrogen and oxygen atoms in total. The van der Waals surface area contributed by atoms with Crippen molar-refractivity contribution in [1.29, 1.82) is 0 Å². The zero-order valence-corrected chi connectivity index (χ0v) is 8.61. The minimum atomic E-state index is -0.407. The van der Waals surface area contributed by atoms with Crippen molar-refractivity contribution in [3.8, 4) is 5.75 Å². The van der Waals surface area contributed by atoms with E-state index in [0.29, 0.717) is 5.75 Å². The number of hydrogen-bond donors (Lipinski definition) is 3. The highest BCUT2D eigenvalue weighted by atomic mass is 32.1. The van der Waals surface area contributed by atoms with E-state index in [9.17, 15) is 0 Å². The monoisotopic (exact) mass is 200 g/mol. The third-order valence-corrected chi connectivity index (χ3v) is 1.56. The van der Waals surface area contributed by atoms with Crippen molar-refractivity contribution < 1.29 is 10.2 Å². The maximum Gasteiger partial charge on any atom is 0.115 e. The van der Waals surface area contributed by atoms with Crippen LogP contribution in [0.4, 0.5) is 0 Å². The van der Waals surface area contributed by atoms with Gasteiger partial charge in [0.2, 0.25) is 0 Å². The van der Waals surface area contributed by atoms with E-state index >= 15 is 0 Å². The second-order valence-electron chi connectivity index (χ2n) is 2.60.